The fraction of sp³-hybridized carbons (Fsp3) is 0.188. The molecule has 0 atom stereocenters. The maximum absolute atomic E-state index is 12.4. The highest BCUT2D eigenvalue weighted by Gasteiger charge is 2.18. The highest BCUT2D eigenvalue weighted by atomic mass is 79.9. The molecule has 0 aliphatic rings. The first-order valence-corrected chi connectivity index (χ1v) is 9.36. The number of methoxy groups -OCH3 is 1. The number of ether oxygens (including phenoxy) is 1. The number of rotatable bonds is 4. The summed E-state index contributed by atoms with van der Waals surface area (Å²) in [6.07, 6.45) is 1.07. The molecular formula is C16H16BrNO4S. The molecular weight excluding hydrogens is 382 g/mol. The summed E-state index contributed by atoms with van der Waals surface area (Å²) < 4.78 is 29.6. The van der Waals surface area contributed by atoms with Crippen molar-refractivity contribution in [2.45, 2.75) is 11.8 Å². The first-order valence-electron chi connectivity index (χ1n) is 6.68. The lowest BCUT2D eigenvalue weighted by Crippen LogP contribution is -2.14. The number of aryl methyl sites for hydroxylation is 1. The van der Waals surface area contributed by atoms with Gasteiger partial charge in [-0.05, 0) is 48.9 Å². The zero-order chi connectivity index (χ0) is 17.2. The highest BCUT2D eigenvalue weighted by Crippen LogP contribution is 2.26. The summed E-state index contributed by atoms with van der Waals surface area (Å²) in [5.41, 5.74) is 1.80. The van der Waals surface area contributed by atoms with E-state index in [-0.39, 0.29) is 22.1 Å². The van der Waals surface area contributed by atoms with Gasteiger partial charge in [-0.3, -0.25) is 4.79 Å². The lowest BCUT2D eigenvalue weighted by Gasteiger charge is -2.11. The summed E-state index contributed by atoms with van der Waals surface area (Å²) in [6, 6.07) is 9.79. The molecule has 0 fully saturated rings. The Kier molecular flexibility index (Phi) is 5.11. The molecule has 0 aliphatic heterocycles. The highest BCUT2D eigenvalue weighted by molar-refractivity contribution is 9.10. The van der Waals surface area contributed by atoms with Gasteiger partial charge in [0.05, 0.1) is 7.11 Å². The lowest BCUT2D eigenvalue weighted by atomic mass is 10.1. The Bertz CT molecular complexity index is 862. The van der Waals surface area contributed by atoms with Crippen LogP contribution in [-0.2, 0) is 9.84 Å². The Morgan fingerprint density at radius 2 is 1.87 bits per heavy atom. The van der Waals surface area contributed by atoms with Crippen molar-refractivity contribution in [3.05, 3.63) is 52.0 Å². The third-order valence-electron chi connectivity index (χ3n) is 3.26. The second-order valence-electron chi connectivity index (χ2n) is 5.05. The van der Waals surface area contributed by atoms with E-state index in [2.05, 4.69) is 21.2 Å². The number of anilines is 1. The Labute approximate surface area is 143 Å². The van der Waals surface area contributed by atoms with Crippen molar-refractivity contribution in [1.82, 2.24) is 0 Å². The van der Waals surface area contributed by atoms with Gasteiger partial charge in [-0.25, -0.2) is 8.42 Å². The number of hydrogen-bond donors (Lipinski definition) is 1. The summed E-state index contributed by atoms with van der Waals surface area (Å²) in [7, 11) is -2.12. The van der Waals surface area contributed by atoms with Crippen LogP contribution in [-0.4, -0.2) is 27.7 Å². The zero-order valence-electron chi connectivity index (χ0n) is 12.9. The number of nitrogens with one attached hydrogen (secondary N) is 1. The van der Waals surface area contributed by atoms with Crippen LogP contribution in [0, 0.1) is 6.92 Å². The van der Waals surface area contributed by atoms with E-state index in [1.54, 1.807) is 6.07 Å². The molecule has 5 nitrogen and oxygen atoms in total. The van der Waals surface area contributed by atoms with Gasteiger partial charge in [0.15, 0.2) is 9.84 Å². The second-order valence-corrected chi connectivity index (χ2v) is 7.95. The predicted octanol–water partition coefficient (Wildman–Crippen LogP) is 3.42. The van der Waals surface area contributed by atoms with Gasteiger partial charge in [0.25, 0.3) is 5.91 Å². The number of amides is 1. The minimum Gasteiger partial charge on any atom is -0.495 e. The number of carbonyl (C=O) groups is 1. The van der Waals surface area contributed by atoms with Crippen LogP contribution in [0.25, 0.3) is 0 Å². The van der Waals surface area contributed by atoms with Gasteiger partial charge in [-0.2, -0.15) is 0 Å². The van der Waals surface area contributed by atoms with E-state index in [1.807, 2.05) is 19.1 Å². The molecule has 0 aromatic heterocycles. The molecule has 2 aromatic rings. The van der Waals surface area contributed by atoms with Crippen molar-refractivity contribution >= 4 is 37.4 Å². The molecule has 1 N–H and O–H groups in total. The molecule has 0 spiro atoms. The number of halogens is 1. The number of carbonyl (C=O) groups excluding carboxylic acids is 1. The van der Waals surface area contributed by atoms with Gasteiger partial charge in [-0.1, -0.05) is 15.9 Å². The minimum absolute atomic E-state index is 0.0137. The molecule has 0 heterocycles. The smallest absolute Gasteiger partial charge is 0.255 e. The van der Waals surface area contributed by atoms with E-state index >= 15 is 0 Å². The average Bonchev–Trinajstić information content (AvgIpc) is 2.48. The monoisotopic (exact) mass is 397 g/mol. The SMILES string of the molecule is COc1ccc(C(=O)Nc2ccc(Br)cc2C)cc1S(C)(=O)=O. The third-order valence-corrected chi connectivity index (χ3v) is 4.87. The third kappa shape index (κ3) is 4.11. The quantitative estimate of drug-likeness (QED) is 0.857. The molecule has 7 heteroatoms. The maximum Gasteiger partial charge on any atom is 0.255 e. The fourth-order valence-corrected chi connectivity index (χ4v) is 3.40. The lowest BCUT2D eigenvalue weighted by molar-refractivity contribution is 0.102. The summed E-state index contributed by atoms with van der Waals surface area (Å²) in [4.78, 5) is 12.4. The van der Waals surface area contributed by atoms with E-state index in [1.165, 1.54) is 25.3 Å². The van der Waals surface area contributed by atoms with Crippen LogP contribution < -0.4 is 10.1 Å². The van der Waals surface area contributed by atoms with Crippen molar-refractivity contribution in [2.24, 2.45) is 0 Å². The predicted molar refractivity (Wildman–Crippen MR) is 92.9 cm³/mol. The van der Waals surface area contributed by atoms with Crippen LogP contribution in [0.4, 0.5) is 5.69 Å². The van der Waals surface area contributed by atoms with Crippen molar-refractivity contribution in [3.63, 3.8) is 0 Å². The van der Waals surface area contributed by atoms with Crippen LogP contribution in [0.2, 0.25) is 0 Å². The molecule has 0 saturated heterocycles. The molecule has 0 unspecified atom stereocenters. The first kappa shape index (κ1) is 17.5. The molecule has 0 aliphatic carbocycles. The minimum atomic E-state index is -3.50. The summed E-state index contributed by atoms with van der Waals surface area (Å²) in [6.45, 7) is 1.87. The number of benzene rings is 2. The molecule has 2 rings (SSSR count). The maximum atomic E-state index is 12.4. The zero-order valence-corrected chi connectivity index (χ0v) is 15.3. The summed E-state index contributed by atoms with van der Waals surface area (Å²) in [5.74, 6) is -0.174. The Hall–Kier alpha value is -1.86. The van der Waals surface area contributed by atoms with E-state index in [9.17, 15) is 13.2 Å². The van der Waals surface area contributed by atoms with E-state index in [4.69, 9.17) is 4.74 Å². The van der Waals surface area contributed by atoms with Crippen LogP contribution in [0.3, 0.4) is 0 Å². The van der Waals surface area contributed by atoms with E-state index in [0.29, 0.717) is 5.69 Å². The van der Waals surface area contributed by atoms with Crippen molar-refractivity contribution in [3.8, 4) is 5.75 Å². The Morgan fingerprint density at radius 3 is 2.43 bits per heavy atom. The summed E-state index contributed by atoms with van der Waals surface area (Å²) in [5, 5.41) is 2.77. The Balaban J connectivity index is 2.36. The topological polar surface area (TPSA) is 72.5 Å². The fourth-order valence-electron chi connectivity index (χ4n) is 2.07. The molecule has 23 heavy (non-hydrogen) atoms. The van der Waals surface area contributed by atoms with E-state index < -0.39 is 9.84 Å². The van der Waals surface area contributed by atoms with Crippen molar-refractivity contribution < 1.29 is 17.9 Å². The van der Waals surface area contributed by atoms with Gasteiger partial charge in [0.2, 0.25) is 0 Å². The van der Waals surface area contributed by atoms with Crippen molar-refractivity contribution in [2.75, 3.05) is 18.7 Å². The van der Waals surface area contributed by atoms with Gasteiger partial charge >= 0.3 is 0 Å². The molecule has 2 aromatic carbocycles. The van der Waals surface area contributed by atoms with Crippen molar-refractivity contribution in [1.29, 1.82) is 0 Å². The van der Waals surface area contributed by atoms with Gasteiger partial charge in [0.1, 0.15) is 10.6 Å². The van der Waals surface area contributed by atoms with Crippen LogP contribution in [0.5, 0.6) is 5.75 Å². The molecule has 0 radical (unpaired) electrons. The average molecular weight is 398 g/mol. The molecule has 0 bridgehead atoms. The standard InChI is InChI=1S/C16H16BrNO4S/c1-10-8-12(17)5-6-13(10)18-16(19)11-4-7-14(22-2)15(9-11)23(3,20)21/h4-9H,1-3H3,(H,18,19). The summed E-state index contributed by atoms with van der Waals surface area (Å²) >= 11 is 3.36. The van der Waals surface area contributed by atoms with Gasteiger partial charge in [-0.15, -0.1) is 0 Å². The first-order chi connectivity index (χ1) is 10.7. The van der Waals surface area contributed by atoms with Crippen LogP contribution in [0.15, 0.2) is 45.8 Å². The number of hydrogen-bond acceptors (Lipinski definition) is 4. The molecule has 122 valence electrons. The Morgan fingerprint density at radius 1 is 1.17 bits per heavy atom. The van der Waals surface area contributed by atoms with Crippen LogP contribution in [0.1, 0.15) is 15.9 Å². The second kappa shape index (κ2) is 6.72. The molecule has 0 saturated carbocycles. The van der Waals surface area contributed by atoms with Gasteiger partial charge < -0.3 is 10.1 Å². The number of sulfone groups is 1. The molecule has 1 amide bonds. The normalized spacial score (nSPS) is 11.1. The largest absolute Gasteiger partial charge is 0.495 e. The van der Waals surface area contributed by atoms with Crippen LogP contribution >= 0.6 is 15.9 Å². The van der Waals surface area contributed by atoms with E-state index in [0.717, 1.165) is 16.3 Å². The van der Waals surface area contributed by atoms with Gasteiger partial charge in [0, 0.05) is 22.0 Å².